The maximum absolute atomic E-state index is 14.9. The van der Waals surface area contributed by atoms with Gasteiger partial charge in [0.2, 0.25) is 0 Å². The van der Waals surface area contributed by atoms with E-state index >= 15 is 0 Å². The van der Waals surface area contributed by atoms with Crippen molar-refractivity contribution >= 4 is 34.0 Å². The number of carbonyl (C=O) groups excluding carboxylic acids is 2. The SMILES string of the molecule is CC(C)(O)c1cc(F)c(-c2cc(C(N)=O)c(Nc3ccc4c(n3)CN(C3COC3)C4=O)s2)c(F)c1. The molecule has 1 fully saturated rings. The highest BCUT2D eigenvalue weighted by atomic mass is 32.1. The Labute approximate surface area is 203 Å². The first-order valence-electron chi connectivity index (χ1n) is 10.8. The summed E-state index contributed by atoms with van der Waals surface area (Å²) in [6, 6.07) is 6.72. The van der Waals surface area contributed by atoms with Gasteiger partial charge in [0.25, 0.3) is 11.8 Å². The molecule has 2 aliphatic rings. The minimum atomic E-state index is -1.43. The predicted octanol–water partition coefficient (Wildman–Crippen LogP) is 3.51. The van der Waals surface area contributed by atoms with Crippen LogP contribution in [-0.4, -0.2) is 46.1 Å². The molecule has 0 saturated carbocycles. The van der Waals surface area contributed by atoms with E-state index in [4.69, 9.17) is 10.5 Å². The number of hydrogen-bond donors (Lipinski definition) is 3. The highest BCUT2D eigenvalue weighted by Gasteiger charge is 2.37. The monoisotopic (exact) mass is 500 g/mol. The normalized spacial score (nSPS) is 15.8. The smallest absolute Gasteiger partial charge is 0.256 e. The number of thiophene rings is 1. The van der Waals surface area contributed by atoms with Gasteiger partial charge >= 0.3 is 0 Å². The Bertz CT molecular complexity index is 1340. The van der Waals surface area contributed by atoms with Crippen molar-refractivity contribution < 1.29 is 28.2 Å². The maximum Gasteiger partial charge on any atom is 0.256 e. The van der Waals surface area contributed by atoms with Gasteiger partial charge in [-0.05, 0) is 49.7 Å². The standard InChI is InChI=1S/C24H22F2N4O4S/c1-24(2,33)11-5-15(25)20(16(26)6-11)18-7-14(21(27)31)22(35-18)29-19-4-3-13-17(28-19)8-30(23(13)32)12-9-34-10-12/h3-7,12,33H,8-10H2,1-2H3,(H2,27,31)(H,28,29). The van der Waals surface area contributed by atoms with Gasteiger partial charge in [0.15, 0.2) is 0 Å². The van der Waals surface area contributed by atoms with Crippen molar-refractivity contribution in [2.24, 2.45) is 5.73 Å². The lowest BCUT2D eigenvalue weighted by Crippen LogP contribution is -2.48. The molecule has 5 rings (SSSR count). The summed E-state index contributed by atoms with van der Waals surface area (Å²) in [6.45, 7) is 4.19. The fourth-order valence-electron chi connectivity index (χ4n) is 4.04. The number of hydrogen-bond acceptors (Lipinski definition) is 7. The number of carbonyl (C=O) groups is 2. The Morgan fingerprint density at radius 1 is 1.26 bits per heavy atom. The summed E-state index contributed by atoms with van der Waals surface area (Å²) < 4.78 is 34.9. The molecule has 2 aromatic heterocycles. The van der Waals surface area contributed by atoms with E-state index in [-0.39, 0.29) is 38.5 Å². The largest absolute Gasteiger partial charge is 0.386 e. The first-order valence-corrected chi connectivity index (χ1v) is 11.7. The lowest BCUT2D eigenvalue weighted by molar-refractivity contribution is -0.0542. The number of anilines is 2. The number of fused-ring (bicyclic) bond motifs is 1. The van der Waals surface area contributed by atoms with Crippen LogP contribution in [0, 0.1) is 11.6 Å². The van der Waals surface area contributed by atoms with E-state index in [1.807, 2.05) is 0 Å². The van der Waals surface area contributed by atoms with Crippen molar-refractivity contribution in [1.29, 1.82) is 0 Å². The van der Waals surface area contributed by atoms with E-state index in [9.17, 15) is 23.5 Å². The molecule has 182 valence electrons. The number of aliphatic hydroxyl groups is 1. The van der Waals surface area contributed by atoms with Gasteiger partial charge in [-0.25, -0.2) is 13.8 Å². The van der Waals surface area contributed by atoms with Crippen molar-refractivity contribution in [3.63, 3.8) is 0 Å². The highest BCUT2D eigenvalue weighted by Crippen LogP contribution is 2.40. The molecule has 2 amide bonds. The Morgan fingerprint density at radius 2 is 1.94 bits per heavy atom. The van der Waals surface area contributed by atoms with Gasteiger partial charge < -0.3 is 25.8 Å². The molecule has 3 aromatic rings. The van der Waals surface area contributed by atoms with E-state index in [2.05, 4.69) is 10.3 Å². The minimum Gasteiger partial charge on any atom is -0.386 e. The number of aromatic nitrogens is 1. The number of ether oxygens (including phenoxy) is 1. The second-order valence-corrected chi connectivity index (χ2v) is 10.1. The van der Waals surface area contributed by atoms with E-state index in [1.165, 1.54) is 19.9 Å². The predicted molar refractivity (Wildman–Crippen MR) is 125 cm³/mol. The first-order chi connectivity index (χ1) is 16.5. The van der Waals surface area contributed by atoms with Crippen LogP contribution in [-0.2, 0) is 16.9 Å². The Hall–Kier alpha value is -3.41. The van der Waals surface area contributed by atoms with Gasteiger partial charge in [-0.2, -0.15) is 0 Å². The lowest BCUT2D eigenvalue weighted by atomic mass is 9.96. The summed E-state index contributed by atoms with van der Waals surface area (Å²) in [5.41, 5.74) is 4.98. The number of amides is 2. The Kier molecular flexibility index (Phi) is 5.58. The molecule has 0 bridgehead atoms. The molecule has 1 saturated heterocycles. The summed E-state index contributed by atoms with van der Waals surface area (Å²) in [6.07, 6.45) is 0. The molecule has 4 heterocycles. The molecular formula is C24H22F2N4O4S. The molecule has 0 radical (unpaired) electrons. The van der Waals surface area contributed by atoms with Crippen LogP contribution in [0.15, 0.2) is 30.3 Å². The van der Waals surface area contributed by atoms with Crippen LogP contribution in [0.2, 0.25) is 0 Å². The Morgan fingerprint density at radius 3 is 2.51 bits per heavy atom. The number of nitrogens with one attached hydrogen (secondary N) is 1. The molecule has 35 heavy (non-hydrogen) atoms. The number of benzene rings is 1. The van der Waals surface area contributed by atoms with Crippen LogP contribution in [0.4, 0.5) is 19.6 Å². The van der Waals surface area contributed by atoms with E-state index in [0.717, 1.165) is 23.5 Å². The van der Waals surface area contributed by atoms with Crippen LogP contribution >= 0.6 is 11.3 Å². The molecular weight excluding hydrogens is 478 g/mol. The molecule has 2 aliphatic heterocycles. The van der Waals surface area contributed by atoms with Crippen LogP contribution in [0.3, 0.4) is 0 Å². The number of nitrogens with zero attached hydrogens (tertiary/aromatic N) is 2. The van der Waals surface area contributed by atoms with Gasteiger partial charge in [0, 0.05) is 4.88 Å². The second kappa shape index (κ2) is 8.36. The number of primary amides is 1. The fourth-order valence-corrected chi connectivity index (χ4v) is 5.16. The zero-order valence-electron chi connectivity index (χ0n) is 18.9. The first kappa shape index (κ1) is 23.3. The third-order valence-corrected chi connectivity index (χ3v) is 7.15. The van der Waals surface area contributed by atoms with Gasteiger partial charge in [-0.3, -0.25) is 9.59 Å². The number of rotatable bonds is 6. The quantitative estimate of drug-likeness (QED) is 0.477. The summed E-state index contributed by atoms with van der Waals surface area (Å²) in [5, 5.41) is 13.4. The summed E-state index contributed by atoms with van der Waals surface area (Å²) in [4.78, 5) is 31.1. The fraction of sp³-hybridized carbons (Fsp3) is 0.292. The minimum absolute atomic E-state index is 0.0296. The van der Waals surface area contributed by atoms with E-state index in [1.54, 1.807) is 17.0 Å². The highest BCUT2D eigenvalue weighted by molar-refractivity contribution is 7.20. The van der Waals surface area contributed by atoms with Crippen molar-refractivity contribution in [3.05, 3.63) is 64.4 Å². The third-order valence-electron chi connectivity index (χ3n) is 6.08. The molecule has 0 aliphatic carbocycles. The van der Waals surface area contributed by atoms with Crippen molar-refractivity contribution in [2.75, 3.05) is 18.5 Å². The maximum atomic E-state index is 14.9. The van der Waals surface area contributed by atoms with Crippen molar-refractivity contribution in [2.45, 2.75) is 32.0 Å². The topological polar surface area (TPSA) is 118 Å². The van der Waals surface area contributed by atoms with Gasteiger partial charge in [-0.1, -0.05) is 0 Å². The van der Waals surface area contributed by atoms with Gasteiger partial charge in [0.1, 0.15) is 22.5 Å². The van der Waals surface area contributed by atoms with Gasteiger partial charge in [0.05, 0.1) is 53.8 Å². The zero-order valence-corrected chi connectivity index (χ0v) is 19.7. The van der Waals surface area contributed by atoms with Crippen molar-refractivity contribution in [1.82, 2.24) is 9.88 Å². The Balaban J connectivity index is 1.47. The summed E-state index contributed by atoms with van der Waals surface area (Å²) >= 11 is 0.941. The molecule has 4 N–H and O–H groups in total. The molecule has 1 aromatic carbocycles. The van der Waals surface area contributed by atoms with Crippen LogP contribution in [0.5, 0.6) is 0 Å². The average molecular weight is 501 g/mol. The van der Waals surface area contributed by atoms with E-state index < -0.39 is 23.1 Å². The van der Waals surface area contributed by atoms with Crippen molar-refractivity contribution in [3.8, 4) is 10.4 Å². The molecule has 8 nitrogen and oxygen atoms in total. The number of halogens is 2. The van der Waals surface area contributed by atoms with Gasteiger partial charge in [-0.15, -0.1) is 11.3 Å². The molecule has 0 unspecified atom stereocenters. The number of pyridine rings is 1. The summed E-state index contributed by atoms with van der Waals surface area (Å²) in [5.74, 6) is -2.28. The molecule has 0 atom stereocenters. The van der Waals surface area contributed by atoms with E-state index in [0.29, 0.717) is 36.8 Å². The van der Waals surface area contributed by atoms with Crippen LogP contribution in [0.25, 0.3) is 10.4 Å². The molecule has 11 heteroatoms. The summed E-state index contributed by atoms with van der Waals surface area (Å²) in [7, 11) is 0. The second-order valence-electron chi connectivity index (χ2n) is 9.03. The zero-order chi connectivity index (χ0) is 25.1. The third kappa shape index (κ3) is 4.15. The molecule has 0 spiro atoms. The lowest BCUT2D eigenvalue weighted by Gasteiger charge is -2.34. The number of nitrogens with two attached hydrogens (primary N) is 1. The van der Waals surface area contributed by atoms with Crippen LogP contribution < -0.4 is 11.1 Å². The average Bonchev–Trinajstić information content (AvgIpc) is 3.27. The van der Waals surface area contributed by atoms with Crippen LogP contribution in [0.1, 0.15) is 45.8 Å².